The van der Waals surface area contributed by atoms with Crippen LogP contribution in [-0.2, 0) is 16.1 Å². The maximum Gasteiger partial charge on any atom is 0.229 e. The predicted octanol–water partition coefficient (Wildman–Crippen LogP) is 1.11. The quantitative estimate of drug-likeness (QED) is 0.685. The number of nitrogens with zero attached hydrogens (tertiary/aromatic N) is 2. The van der Waals surface area contributed by atoms with Crippen LogP contribution in [0.15, 0.2) is 24.3 Å². The molecular formula is C18H25N5O3. The van der Waals surface area contributed by atoms with Crippen molar-refractivity contribution in [1.82, 2.24) is 25.8 Å². The van der Waals surface area contributed by atoms with Gasteiger partial charge in [0.05, 0.1) is 25.7 Å². The molecule has 8 nitrogen and oxygen atoms in total. The number of methoxy groups -OCH3 is 2. The van der Waals surface area contributed by atoms with E-state index in [0.29, 0.717) is 24.8 Å². The number of benzene rings is 1. The van der Waals surface area contributed by atoms with Crippen LogP contribution in [0.4, 0.5) is 0 Å². The van der Waals surface area contributed by atoms with Gasteiger partial charge in [0.1, 0.15) is 11.6 Å². The minimum absolute atomic E-state index is 0.00301. The number of rotatable bonds is 7. The maximum absolute atomic E-state index is 12.7. The Kier molecular flexibility index (Phi) is 5.85. The molecule has 140 valence electrons. The third-order valence-electron chi connectivity index (χ3n) is 4.76. The standard InChI is InChI=1S/C18H25N5O3/c1-25-12-18(7-9-19-10-8-18)17(24)20-11-15-21-16(23-22-15)13-3-5-14(26-2)6-4-13/h3-6,19H,7-12H2,1-2H3,(H,20,24)(H,21,22,23). The summed E-state index contributed by atoms with van der Waals surface area (Å²) in [5.74, 6) is 1.99. The molecule has 1 saturated heterocycles. The topological polar surface area (TPSA) is 101 Å². The molecule has 1 aliphatic heterocycles. The van der Waals surface area contributed by atoms with Crippen LogP contribution in [0.5, 0.6) is 5.75 Å². The molecule has 1 aromatic carbocycles. The van der Waals surface area contributed by atoms with E-state index >= 15 is 0 Å². The third-order valence-corrected chi connectivity index (χ3v) is 4.76. The Morgan fingerprint density at radius 1 is 1.23 bits per heavy atom. The van der Waals surface area contributed by atoms with Gasteiger partial charge in [-0.3, -0.25) is 9.89 Å². The van der Waals surface area contributed by atoms with Crippen LogP contribution in [0, 0.1) is 5.41 Å². The maximum atomic E-state index is 12.7. The summed E-state index contributed by atoms with van der Waals surface area (Å²) in [7, 11) is 3.26. The normalized spacial score (nSPS) is 16.2. The van der Waals surface area contributed by atoms with Crippen molar-refractivity contribution in [3.05, 3.63) is 30.1 Å². The van der Waals surface area contributed by atoms with Gasteiger partial charge >= 0.3 is 0 Å². The Hall–Kier alpha value is -2.45. The fourth-order valence-electron chi connectivity index (χ4n) is 3.21. The van der Waals surface area contributed by atoms with Gasteiger partial charge in [-0.1, -0.05) is 0 Å². The van der Waals surface area contributed by atoms with Crippen molar-refractivity contribution < 1.29 is 14.3 Å². The average Bonchev–Trinajstić information content (AvgIpc) is 3.16. The number of aromatic amines is 1. The summed E-state index contributed by atoms with van der Waals surface area (Å²) in [6.07, 6.45) is 1.53. The van der Waals surface area contributed by atoms with Gasteiger partial charge in [0, 0.05) is 12.7 Å². The van der Waals surface area contributed by atoms with Crippen molar-refractivity contribution in [1.29, 1.82) is 0 Å². The highest BCUT2D eigenvalue weighted by molar-refractivity contribution is 5.82. The highest BCUT2D eigenvalue weighted by Crippen LogP contribution is 2.29. The molecule has 1 aliphatic rings. The van der Waals surface area contributed by atoms with E-state index < -0.39 is 5.41 Å². The van der Waals surface area contributed by atoms with Crippen molar-refractivity contribution in [2.75, 3.05) is 33.9 Å². The minimum Gasteiger partial charge on any atom is -0.497 e. The Morgan fingerprint density at radius 3 is 2.62 bits per heavy atom. The molecule has 0 unspecified atom stereocenters. The van der Waals surface area contributed by atoms with Gasteiger partial charge in [-0.15, -0.1) is 0 Å². The fraction of sp³-hybridized carbons (Fsp3) is 0.500. The first kappa shape index (κ1) is 18.3. The number of ether oxygens (including phenoxy) is 2. The lowest BCUT2D eigenvalue weighted by molar-refractivity contribution is -0.136. The first-order valence-electron chi connectivity index (χ1n) is 8.70. The molecule has 0 aliphatic carbocycles. The lowest BCUT2D eigenvalue weighted by Gasteiger charge is -2.35. The second-order valence-electron chi connectivity index (χ2n) is 6.48. The van der Waals surface area contributed by atoms with Crippen LogP contribution in [0.3, 0.4) is 0 Å². The highest BCUT2D eigenvalue weighted by Gasteiger charge is 2.39. The number of carbonyl (C=O) groups is 1. The van der Waals surface area contributed by atoms with Gasteiger partial charge in [0.25, 0.3) is 0 Å². The molecule has 3 rings (SSSR count). The molecule has 3 N–H and O–H groups in total. The molecule has 0 bridgehead atoms. The second kappa shape index (κ2) is 8.29. The van der Waals surface area contributed by atoms with Gasteiger partial charge in [0.15, 0.2) is 5.82 Å². The van der Waals surface area contributed by atoms with E-state index in [1.807, 2.05) is 24.3 Å². The molecular weight excluding hydrogens is 334 g/mol. The van der Waals surface area contributed by atoms with E-state index in [4.69, 9.17) is 9.47 Å². The number of nitrogens with one attached hydrogen (secondary N) is 3. The van der Waals surface area contributed by atoms with Crippen LogP contribution in [0.1, 0.15) is 18.7 Å². The number of aromatic nitrogens is 3. The number of H-pyrrole nitrogens is 1. The lowest BCUT2D eigenvalue weighted by atomic mass is 9.78. The van der Waals surface area contributed by atoms with E-state index in [2.05, 4.69) is 25.8 Å². The molecule has 1 fully saturated rings. The number of hydrogen-bond acceptors (Lipinski definition) is 6. The summed E-state index contributed by atoms with van der Waals surface area (Å²) in [5, 5.41) is 13.4. The summed E-state index contributed by atoms with van der Waals surface area (Å²) >= 11 is 0. The lowest BCUT2D eigenvalue weighted by Crippen LogP contribution is -2.50. The summed E-state index contributed by atoms with van der Waals surface area (Å²) in [4.78, 5) is 17.2. The number of hydrogen-bond donors (Lipinski definition) is 3. The van der Waals surface area contributed by atoms with Crippen molar-refractivity contribution in [3.63, 3.8) is 0 Å². The second-order valence-corrected chi connectivity index (χ2v) is 6.48. The molecule has 0 radical (unpaired) electrons. The van der Waals surface area contributed by atoms with Gasteiger partial charge < -0.3 is 20.1 Å². The van der Waals surface area contributed by atoms with E-state index in [0.717, 1.165) is 37.2 Å². The average molecular weight is 359 g/mol. The molecule has 1 amide bonds. The molecule has 1 aromatic heterocycles. The van der Waals surface area contributed by atoms with E-state index in [-0.39, 0.29) is 5.91 Å². The van der Waals surface area contributed by atoms with Crippen molar-refractivity contribution in [3.8, 4) is 17.1 Å². The molecule has 8 heteroatoms. The van der Waals surface area contributed by atoms with Gasteiger partial charge in [-0.05, 0) is 50.2 Å². The number of amides is 1. The van der Waals surface area contributed by atoms with Crippen LogP contribution in [-0.4, -0.2) is 55.0 Å². The van der Waals surface area contributed by atoms with E-state index in [1.165, 1.54) is 0 Å². The molecule has 0 atom stereocenters. The monoisotopic (exact) mass is 359 g/mol. The van der Waals surface area contributed by atoms with Gasteiger partial charge in [-0.25, -0.2) is 4.98 Å². The SMILES string of the molecule is COCC1(C(=O)NCc2nc(-c3ccc(OC)cc3)n[nH]2)CCNCC1. The first-order chi connectivity index (χ1) is 12.7. The zero-order valence-electron chi connectivity index (χ0n) is 15.2. The van der Waals surface area contributed by atoms with Crippen LogP contribution in [0.25, 0.3) is 11.4 Å². The first-order valence-corrected chi connectivity index (χ1v) is 8.70. The fourth-order valence-corrected chi connectivity index (χ4v) is 3.21. The zero-order valence-corrected chi connectivity index (χ0v) is 15.2. The molecule has 2 heterocycles. The number of piperidine rings is 1. The summed E-state index contributed by atoms with van der Waals surface area (Å²) in [5.41, 5.74) is 0.410. The van der Waals surface area contributed by atoms with Crippen molar-refractivity contribution >= 4 is 5.91 Å². The minimum atomic E-state index is -0.473. The zero-order chi connectivity index (χ0) is 18.4. The van der Waals surface area contributed by atoms with Crippen LogP contribution >= 0.6 is 0 Å². The van der Waals surface area contributed by atoms with E-state index in [1.54, 1.807) is 14.2 Å². The van der Waals surface area contributed by atoms with Crippen LogP contribution < -0.4 is 15.4 Å². The van der Waals surface area contributed by atoms with Crippen molar-refractivity contribution in [2.45, 2.75) is 19.4 Å². The van der Waals surface area contributed by atoms with E-state index in [9.17, 15) is 4.79 Å². The Bertz CT molecular complexity index is 717. The van der Waals surface area contributed by atoms with Gasteiger partial charge in [0.2, 0.25) is 5.91 Å². The van der Waals surface area contributed by atoms with Crippen LogP contribution in [0.2, 0.25) is 0 Å². The molecule has 2 aromatic rings. The Balaban J connectivity index is 1.62. The summed E-state index contributed by atoms with van der Waals surface area (Å²) in [6, 6.07) is 7.51. The Morgan fingerprint density at radius 2 is 1.96 bits per heavy atom. The molecule has 0 spiro atoms. The molecule has 26 heavy (non-hydrogen) atoms. The molecule has 0 saturated carbocycles. The highest BCUT2D eigenvalue weighted by atomic mass is 16.5. The van der Waals surface area contributed by atoms with Crippen molar-refractivity contribution in [2.24, 2.45) is 5.41 Å². The van der Waals surface area contributed by atoms with Gasteiger partial charge in [-0.2, -0.15) is 5.10 Å². The predicted molar refractivity (Wildman–Crippen MR) is 96.6 cm³/mol. The largest absolute Gasteiger partial charge is 0.497 e. The summed E-state index contributed by atoms with van der Waals surface area (Å²) < 4.78 is 10.5. The summed E-state index contributed by atoms with van der Waals surface area (Å²) in [6.45, 7) is 2.37. The number of carbonyl (C=O) groups excluding carboxylic acids is 1. The Labute approximate surface area is 152 Å². The smallest absolute Gasteiger partial charge is 0.229 e. The third kappa shape index (κ3) is 4.03.